The van der Waals surface area contributed by atoms with Crippen molar-refractivity contribution < 1.29 is 18.1 Å². The molecule has 0 aliphatic heterocycles. The number of benzene rings is 1. The Kier molecular flexibility index (Phi) is 4.45. The fourth-order valence-corrected chi connectivity index (χ4v) is 2.67. The second-order valence-corrected chi connectivity index (χ2v) is 6.70. The molecule has 0 aliphatic carbocycles. The molecule has 0 saturated heterocycles. The Bertz CT molecular complexity index is 486. The van der Waals surface area contributed by atoms with E-state index in [1.54, 1.807) is 19.9 Å². The molecule has 18 heavy (non-hydrogen) atoms. The zero-order chi connectivity index (χ0) is 14.0. The van der Waals surface area contributed by atoms with Gasteiger partial charge in [0.1, 0.15) is 9.73 Å². The molecule has 102 valence electrons. The first-order valence-electron chi connectivity index (χ1n) is 5.58. The normalized spacial score (nSPS) is 17.4. The molecule has 1 aromatic rings. The van der Waals surface area contributed by atoms with Crippen LogP contribution in [0.3, 0.4) is 0 Å². The third-order valence-electron chi connectivity index (χ3n) is 2.71. The molecule has 1 aromatic carbocycles. The van der Waals surface area contributed by atoms with Crippen LogP contribution < -0.4 is 0 Å². The summed E-state index contributed by atoms with van der Waals surface area (Å²) in [4.78, 5) is -0.217. The van der Waals surface area contributed by atoms with Crippen molar-refractivity contribution in [2.75, 3.05) is 0 Å². The van der Waals surface area contributed by atoms with Crippen molar-refractivity contribution in [3.63, 3.8) is 0 Å². The van der Waals surface area contributed by atoms with E-state index >= 15 is 0 Å². The standard InChI is InChI=1S/C12H17F2NO2S/c1-9(2)11(16)8-12(13,14)18(15,17)10-6-4-3-5-7-10/h3-7,9,11,15-16H,8H2,1-2H3. The van der Waals surface area contributed by atoms with Crippen molar-refractivity contribution in [3.8, 4) is 0 Å². The van der Waals surface area contributed by atoms with Crippen molar-refractivity contribution in [3.05, 3.63) is 30.3 Å². The molecular formula is C12H17F2NO2S. The van der Waals surface area contributed by atoms with Crippen molar-refractivity contribution in [1.82, 2.24) is 0 Å². The van der Waals surface area contributed by atoms with E-state index in [4.69, 9.17) is 4.78 Å². The third-order valence-corrected chi connectivity index (χ3v) is 4.66. The molecular weight excluding hydrogens is 260 g/mol. The second-order valence-electron chi connectivity index (χ2n) is 4.52. The number of rotatable bonds is 5. The van der Waals surface area contributed by atoms with E-state index in [1.807, 2.05) is 0 Å². The molecule has 0 aromatic heterocycles. The van der Waals surface area contributed by atoms with Gasteiger partial charge in [-0.2, -0.15) is 8.78 Å². The van der Waals surface area contributed by atoms with Gasteiger partial charge in [-0.3, -0.25) is 0 Å². The lowest BCUT2D eigenvalue weighted by atomic mass is 10.1. The molecule has 0 heterocycles. The highest BCUT2D eigenvalue weighted by atomic mass is 32.2. The highest BCUT2D eigenvalue weighted by Gasteiger charge is 2.44. The lowest BCUT2D eigenvalue weighted by molar-refractivity contribution is 0.00981. The summed E-state index contributed by atoms with van der Waals surface area (Å²) in [5, 5.41) is 5.73. The van der Waals surface area contributed by atoms with Crippen molar-refractivity contribution >= 4 is 9.73 Å². The number of aliphatic hydroxyl groups excluding tert-OH is 1. The van der Waals surface area contributed by atoms with Gasteiger partial charge in [0.2, 0.25) is 0 Å². The predicted molar refractivity (Wildman–Crippen MR) is 66.0 cm³/mol. The predicted octanol–water partition coefficient (Wildman–Crippen LogP) is 3.09. The van der Waals surface area contributed by atoms with Gasteiger partial charge in [-0.15, -0.1) is 0 Å². The average molecular weight is 277 g/mol. The Morgan fingerprint density at radius 1 is 1.33 bits per heavy atom. The number of hydrogen-bond donors (Lipinski definition) is 2. The molecule has 1 rings (SSSR count). The minimum Gasteiger partial charge on any atom is -0.393 e. The Morgan fingerprint density at radius 3 is 2.28 bits per heavy atom. The fourth-order valence-electron chi connectivity index (χ4n) is 1.38. The second kappa shape index (κ2) is 5.32. The Hall–Kier alpha value is -1.01. The van der Waals surface area contributed by atoms with Gasteiger partial charge < -0.3 is 5.11 Å². The maximum absolute atomic E-state index is 13.9. The molecule has 0 aliphatic rings. The van der Waals surface area contributed by atoms with Gasteiger partial charge in [-0.25, -0.2) is 8.99 Å². The smallest absolute Gasteiger partial charge is 0.334 e. The van der Waals surface area contributed by atoms with Crippen molar-refractivity contribution in [1.29, 1.82) is 4.78 Å². The zero-order valence-corrected chi connectivity index (χ0v) is 11.1. The summed E-state index contributed by atoms with van der Waals surface area (Å²) in [5.74, 6) is -0.373. The fraction of sp³-hybridized carbons (Fsp3) is 0.500. The van der Waals surface area contributed by atoms with Crippen LogP contribution in [0.25, 0.3) is 0 Å². The van der Waals surface area contributed by atoms with Crippen molar-refractivity contribution in [2.45, 2.75) is 36.5 Å². The summed E-state index contributed by atoms with van der Waals surface area (Å²) >= 11 is 0. The number of halogens is 2. The van der Waals surface area contributed by atoms with Crippen LogP contribution in [0.2, 0.25) is 0 Å². The van der Waals surface area contributed by atoms with Gasteiger partial charge in [0.05, 0.1) is 17.4 Å². The first kappa shape index (κ1) is 15.0. The summed E-state index contributed by atoms with van der Waals surface area (Å²) in [6.45, 7) is 3.18. The highest BCUT2D eigenvalue weighted by molar-refractivity contribution is 7.93. The summed E-state index contributed by atoms with van der Waals surface area (Å²) in [7, 11) is -4.26. The van der Waals surface area contributed by atoms with Crippen LogP contribution in [0.15, 0.2) is 35.2 Å². The Balaban J connectivity index is 3.04. The molecule has 0 saturated carbocycles. The Morgan fingerprint density at radius 2 is 1.83 bits per heavy atom. The van der Waals surface area contributed by atoms with Crippen LogP contribution in [-0.2, 0) is 9.73 Å². The molecule has 0 radical (unpaired) electrons. The summed E-state index contributed by atoms with van der Waals surface area (Å²) in [5.41, 5.74) is 0. The quantitative estimate of drug-likeness (QED) is 0.868. The molecule has 0 spiro atoms. The lowest BCUT2D eigenvalue weighted by Crippen LogP contribution is -2.34. The van der Waals surface area contributed by atoms with Gasteiger partial charge in [-0.1, -0.05) is 32.0 Å². The first-order chi connectivity index (χ1) is 8.18. The number of aliphatic hydroxyl groups is 1. The van der Waals surface area contributed by atoms with Crippen LogP contribution in [-0.4, -0.2) is 20.7 Å². The lowest BCUT2D eigenvalue weighted by Gasteiger charge is -2.24. The van der Waals surface area contributed by atoms with E-state index in [0.717, 1.165) is 0 Å². The number of nitrogens with one attached hydrogen (secondary N) is 1. The molecule has 2 N–H and O–H groups in total. The maximum Gasteiger partial charge on any atom is 0.334 e. The van der Waals surface area contributed by atoms with Gasteiger partial charge >= 0.3 is 5.25 Å². The van der Waals surface area contributed by atoms with Crippen LogP contribution in [0.1, 0.15) is 20.3 Å². The van der Waals surface area contributed by atoms with Gasteiger partial charge in [0.25, 0.3) is 0 Å². The van der Waals surface area contributed by atoms with E-state index in [-0.39, 0.29) is 10.8 Å². The van der Waals surface area contributed by atoms with Crippen molar-refractivity contribution in [2.24, 2.45) is 5.92 Å². The molecule has 0 fully saturated rings. The monoisotopic (exact) mass is 277 g/mol. The topological polar surface area (TPSA) is 61.1 Å². The minimum atomic E-state index is -4.26. The maximum atomic E-state index is 13.9. The van der Waals surface area contributed by atoms with Crippen LogP contribution >= 0.6 is 0 Å². The average Bonchev–Trinajstić information content (AvgIpc) is 2.29. The molecule has 0 bridgehead atoms. The largest absolute Gasteiger partial charge is 0.393 e. The van der Waals surface area contributed by atoms with E-state index in [1.165, 1.54) is 24.3 Å². The van der Waals surface area contributed by atoms with E-state index in [2.05, 4.69) is 0 Å². The highest BCUT2D eigenvalue weighted by Crippen LogP contribution is 2.34. The molecule has 0 amide bonds. The number of hydrogen-bond acceptors (Lipinski definition) is 3. The molecule has 3 nitrogen and oxygen atoms in total. The molecule has 2 unspecified atom stereocenters. The van der Waals surface area contributed by atoms with E-state index < -0.39 is 27.5 Å². The van der Waals surface area contributed by atoms with Crippen LogP contribution in [0, 0.1) is 10.7 Å². The molecule has 2 atom stereocenters. The third kappa shape index (κ3) is 3.05. The van der Waals surface area contributed by atoms with Gasteiger partial charge in [0.15, 0.2) is 0 Å². The van der Waals surface area contributed by atoms with E-state index in [0.29, 0.717) is 0 Å². The Labute approximate surface area is 106 Å². The summed E-state index contributed by atoms with van der Waals surface area (Å²) in [6.07, 6.45) is -2.25. The number of alkyl halides is 2. The summed E-state index contributed by atoms with van der Waals surface area (Å²) in [6, 6.07) is 6.99. The molecule has 6 heteroatoms. The van der Waals surface area contributed by atoms with E-state index in [9.17, 15) is 18.1 Å². The minimum absolute atomic E-state index is 0.217. The van der Waals surface area contributed by atoms with Crippen LogP contribution in [0.4, 0.5) is 8.78 Å². The van der Waals surface area contributed by atoms with Gasteiger partial charge in [-0.05, 0) is 18.1 Å². The van der Waals surface area contributed by atoms with Crippen LogP contribution in [0.5, 0.6) is 0 Å². The van der Waals surface area contributed by atoms with Gasteiger partial charge in [0, 0.05) is 0 Å². The zero-order valence-electron chi connectivity index (χ0n) is 10.3. The first-order valence-corrected chi connectivity index (χ1v) is 7.13. The SMILES string of the molecule is CC(C)C(O)CC(F)(F)S(=N)(=O)c1ccccc1. The summed E-state index contributed by atoms with van der Waals surface area (Å²) < 4.78 is 47.2.